The van der Waals surface area contributed by atoms with Gasteiger partial charge in [0.25, 0.3) is 0 Å². The lowest BCUT2D eigenvalue weighted by molar-refractivity contribution is -0.288. The van der Waals surface area contributed by atoms with Gasteiger partial charge in [-0.1, -0.05) is 0 Å². The predicted octanol–water partition coefficient (Wildman–Crippen LogP) is -1.48. The van der Waals surface area contributed by atoms with Gasteiger partial charge in [0.1, 0.15) is 41.5 Å². The Hall–Kier alpha value is -3.74. The molecule has 0 spiro atoms. The minimum Gasteiger partial charge on any atom is -0.504 e. The largest absolute Gasteiger partial charge is 0.504 e. The van der Waals surface area contributed by atoms with E-state index in [2.05, 4.69) is 0 Å². The molecule has 0 aromatic heterocycles. The lowest BCUT2D eigenvalue weighted by Crippen LogP contribution is -2.61. The molecule has 2 aliphatic heterocycles. The molecule has 0 amide bonds. The van der Waals surface area contributed by atoms with Crippen molar-refractivity contribution in [3.63, 3.8) is 0 Å². The Labute approximate surface area is 243 Å². The van der Waals surface area contributed by atoms with Gasteiger partial charge in [-0.25, -0.2) is 4.79 Å². The Morgan fingerprint density at radius 3 is 2.28 bits per heavy atom. The number of aromatic hydroxyl groups is 3. The number of aliphatic hydroxyl groups excluding tert-OH is 4. The van der Waals surface area contributed by atoms with Crippen molar-refractivity contribution in [2.75, 3.05) is 26.9 Å². The van der Waals surface area contributed by atoms with Gasteiger partial charge in [0.15, 0.2) is 35.4 Å². The average molecular weight is 613 g/mol. The fourth-order valence-electron chi connectivity index (χ4n) is 4.46. The minimum atomic E-state index is -2.02. The number of carbonyl (C=O) groups excluding carboxylic acids is 2. The van der Waals surface area contributed by atoms with Gasteiger partial charge >= 0.3 is 5.97 Å². The molecule has 4 rings (SSSR count). The zero-order valence-corrected chi connectivity index (χ0v) is 22.9. The molecule has 236 valence electrons. The van der Waals surface area contributed by atoms with E-state index < -0.39 is 103 Å². The second-order valence-electron chi connectivity index (χ2n) is 10.0. The predicted molar refractivity (Wildman–Crippen MR) is 139 cm³/mol. The molecule has 2 aromatic carbocycles. The molecule has 16 nitrogen and oxygen atoms in total. The monoisotopic (exact) mass is 612 g/mol. The van der Waals surface area contributed by atoms with Gasteiger partial charge in [0.2, 0.25) is 6.29 Å². The van der Waals surface area contributed by atoms with Gasteiger partial charge in [-0.15, -0.1) is 0 Å². The van der Waals surface area contributed by atoms with Crippen LogP contribution in [0.5, 0.6) is 28.7 Å². The van der Waals surface area contributed by atoms with Crippen molar-refractivity contribution in [3.05, 3.63) is 41.5 Å². The summed E-state index contributed by atoms with van der Waals surface area (Å²) in [5, 5.41) is 81.0. The summed E-state index contributed by atoms with van der Waals surface area (Å²) in [6.45, 7) is -0.675. The summed E-state index contributed by atoms with van der Waals surface area (Å²) in [7, 11) is 1.37. The molecule has 8 N–H and O–H groups in total. The number of phenolic OH excluding ortho intramolecular Hbond substituents is 3. The van der Waals surface area contributed by atoms with E-state index in [4.69, 9.17) is 28.4 Å². The van der Waals surface area contributed by atoms with Crippen molar-refractivity contribution < 1.29 is 78.9 Å². The molecule has 2 aliphatic rings. The Kier molecular flexibility index (Phi) is 9.63. The summed E-state index contributed by atoms with van der Waals surface area (Å²) in [5.74, 6) is -3.99. The number of benzene rings is 2. The van der Waals surface area contributed by atoms with Crippen LogP contribution in [0.4, 0.5) is 0 Å². The summed E-state index contributed by atoms with van der Waals surface area (Å²) >= 11 is 0. The first-order valence-corrected chi connectivity index (χ1v) is 12.9. The zero-order chi connectivity index (χ0) is 31.6. The third-order valence-electron chi connectivity index (χ3n) is 7.00. The fourth-order valence-corrected chi connectivity index (χ4v) is 4.46. The number of phenols is 3. The summed E-state index contributed by atoms with van der Waals surface area (Å²) in [6, 6.07) is 5.83. The molecular formula is C27H32O16. The first kappa shape index (κ1) is 32.2. The van der Waals surface area contributed by atoms with Gasteiger partial charge in [0.05, 0.1) is 38.1 Å². The normalized spacial score (nSPS) is 30.5. The molecule has 0 aliphatic carbocycles. The van der Waals surface area contributed by atoms with Crippen molar-refractivity contribution in [3.8, 4) is 28.7 Å². The lowest BCUT2D eigenvalue weighted by Gasteiger charge is -2.42. The van der Waals surface area contributed by atoms with Crippen molar-refractivity contribution in [1.29, 1.82) is 0 Å². The van der Waals surface area contributed by atoms with E-state index in [0.29, 0.717) is 5.75 Å². The molecular weight excluding hydrogens is 580 g/mol. The van der Waals surface area contributed by atoms with Gasteiger partial charge in [-0.2, -0.15) is 0 Å². The third kappa shape index (κ3) is 6.61. The van der Waals surface area contributed by atoms with Gasteiger partial charge in [-0.05, 0) is 31.2 Å². The maximum atomic E-state index is 12.9. The van der Waals surface area contributed by atoms with Crippen LogP contribution in [0, 0.1) is 0 Å². The van der Waals surface area contributed by atoms with Gasteiger partial charge in [-0.3, -0.25) is 4.79 Å². The molecule has 0 radical (unpaired) electrons. The van der Waals surface area contributed by atoms with E-state index in [9.17, 15) is 50.4 Å². The van der Waals surface area contributed by atoms with Crippen LogP contribution < -0.4 is 9.47 Å². The number of rotatable bonds is 10. The highest BCUT2D eigenvalue weighted by Crippen LogP contribution is 2.37. The van der Waals surface area contributed by atoms with Crippen LogP contribution in [-0.2, 0) is 18.9 Å². The number of Topliss-reactive ketones (excluding diaryl/α,β-unsaturated/α-hetero) is 1. The summed E-state index contributed by atoms with van der Waals surface area (Å²) in [6.07, 6.45) is -11.9. The molecule has 8 atom stereocenters. The zero-order valence-electron chi connectivity index (χ0n) is 22.9. The second kappa shape index (κ2) is 12.9. The van der Waals surface area contributed by atoms with Crippen LogP contribution in [0.15, 0.2) is 30.3 Å². The van der Waals surface area contributed by atoms with Crippen LogP contribution in [0.25, 0.3) is 0 Å². The Morgan fingerprint density at radius 2 is 1.70 bits per heavy atom. The number of aliphatic hydroxyl groups is 5. The lowest BCUT2D eigenvalue weighted by atomic mass is 9.98. The molecule has 2 saturated heterocycles. The number of ketones is 1. The number of carbonyl (C=O) groups is 2. The molecule has 2 heterocycles. The summed E-state index contributed by atoms with van der Waals surface area (Å²) in [4.78, 5) is 25.1. The van der Waals surface area contributed by atoms with Crippen LogP contribution in [0.2, 0.25) is 0 Å². The SMILES string of the molecule is COc1ccc(C(C)=O)c(OC2OC(COC3OCC(O)(CO)C3O)C(OC(=O)c3cc(O)c(O)c(O)c3)C(O)C2O)c1. The Balaban J connectivity index is 1.60. The molecule has 16 heteroatoms. The van der Waals surface area contributed by atoms with Crippen molar-refractivity contribution in [2.24, 2.45) is 0 Å². The molecule has 2 aromatic rings. The van der Waals surface area contributed by atoms with Crippen LogP contribution >= 0.6 is 0 Å². The number of methoxy groups -OCH3 is 1. The maximum Gasteiger partial charge on any atom is 0.338 e. The Morgan fingerprint density at radius 1 is 1.02 bits per heavy atom. The van der Waals surface area contributed by atoms with Crippen molar-refractivity contribution in [1.82, 2.24) is 0 Å². The van der Waals surface area contributed by atoms with Gasteiger partial charge in [0, 0.05) is 6.07 Å². The van der Waals surface area contributed by atoms with Crippen molar-refractivity contribution >= 4 is 11.8 Å². The number of hydrogen-bond acceptors (Lipinski definition) is 16. The molecule has 43 heavy (non-hydrogen) atoms. The van der Waals surface area contributed by atoms with E-state index in [1.165, 1.54) is 32.2 Å². The number of ether oxygens (including phenoxy) is 6. The third-order valence-corrected chi connectivity index (χ3v) is 7.00. The smallest absolute Gasteiger partial charge is 0.338 e. The molecule has 0 saturated carbocycles. The quantitative estimate of drug-likeness (QED) is 0.0865. The molecule has 2 fully saturated rings. The first-order chi connectivity index (χ1) is 20.3. The molecule has 0 bridgehead atoms. The Bertz CT molecular complexity index is 1310. The highest BCUT2D eigenvalue weighted by Gasteiger charge is 2.51. The molecule has 8 unspecified atom stereocenters. The number of esters is 1. The summed E-state index contributed by atoms with van der Waals surface area (Å²) in [5.41, 5.74) is -2.38. The van der Waals surface area contributed by atoms with Crippen LogP contribution in [0.3, 0.4) is 0 Å². The highest BCUT2D eigenvalue weighted by atomic mass is 16.7. The van der Waals surface area contributed by atoms with E-state index in [0.717, 1.165) is 12.1 Å². The fraction of sp³-hybridized carbons (Fsp3) is 0.481. The maximum absolute atomic E-state index is 12.9. The second-order valence-corrected chi connectivity index (χ2v) is 10.0. The summed E-state index contributed by atoms with van der Waals surface area (Å²) < 4.78 is 32.8. The van der Waals surface area contributed by atoms with E-state index in [1.807, 2.05) is 0 Å². The first-order valence-electron chi connectivity index (χ1n) is 12.9. The van der Waals surface area contributed by atoms with Crippen molar-refractivity contribution in [2.45, 2.75) is 55.6 Å². The van der Waals surface area contributed by atoms with E-state index in [1.54, 1.807) is 0 Å². The average Bonchev–Trinajstić information content (AvgIpc) is 3.27. The highest BCUT2D eigenvalue weighted by molar-refractivity contribution is 5.97. The number of hydrogen-bond donors (Lipinski definition) is 8. The van der Waals surface area contributed by atoms with Crippen LogP contribution in [0.1, 0.15) is 27.6 Å². The standard InChI is InChI=1S/C27H32O16/c1-11(29)14-4-3-13(38-2)7-17(14)41-25-21(34)20(33)22(43-24(36)12-5-15(30)19(32)16(31)6-12)18(42-25)8-39-26-23(35)27(37,9-28)10-40-26/h3-7,18,20-23,25-26,28,30-35,37H,8-10H2,1-2H3. The minimum absolute atomic E-state index is 0.0733. The topological polar surface area (TPSA) is 251 Å². The van der Waals surface area contributed by atoms with E-state index >= 15 is 0 Å². The van der Waals surface area contributed by atoms with E-state index in [-0.39, 0.29) is 11.3 Å². The van der Waals surface area contributed by atoms with Gasteiger partial charge < -0.3 is 69.3 Å². The van der Waals surface area contributed by atoms with Crippen LogP contribution in [-0.4, -0.2) is 128 Å².